The highest BCUT2D eigenvalue weighted by atomic mass is 127. The van der Waals surface area contributed by atoms with Crippen molar-refractivity contribution in [3.63, 3.8) is 0 Å². The number of hydrazone groups is 1. The van der Waals surface area contributed by atoms with Gasteiger partial charge in [0.15, 0.2) is 0 Å². The fraction of sp³-hybridized carbons (Fsp3) is 0.333. The summed E-state index contributed by atoms with van der Waals surface area (Å²) >= 11 is 5.82. The number of halogens is 2. The maximum atomic E-state index is 12.0. The van der Waals surface area contributed by atoms with E-state index in [1.165, 1.54) is 5.56 Å². The van der Waals surface area contributed by atoms with Crippen molar-refractivity contribution < 1.29 is 14.3 Å². The zero-order valence-corrected chi connectivity index (χ0v) is 19.9. The van der Waals surface area contributed by atoms with Crippen LogP contribution in [0.25, 0.3) is 0 Å². The summed E-state index contributed by atoms with van der Waals surface area (Å²) in [6.45, 7) is 5.77. The molecule has 8 heteroatoms. The number of morpholine rings is 1. The maximum Gasteiger partial charge on any atom is 0.254 e. The van der Waals surface area contributed by atoms with Crippen LogP contribution in [0.2, 0.25) is 0 Å². The van der Waals surface area contributed by atoms with Crippen LogP contribution in [0.1, 0.15) is 16.7 Å². The Balaban J connectivity index is 1.55. The van der Waals surface area contributed by atoms with Crippen LogP contribution >= 0.6 is 38.5 Å². The minimum absolute atomic E-state index is 0.130. The zero-order chi connectivity index (χ0) is 20.6. The number of hydrogen-bond donors (Lipinski definition) is 1. The summed E-state index contributed by atoms with van der Waals surface area (Å²) in [5.74, 6) is 0.663. The number of nitrogens with zero attached hydrogens (tertiary/aromatic N) is 2. The van der Waals surface area contributed by atoms with Crippen LogP contribution in [0, 0.1) is 10.5 Å². The molecule has 3 rings (SSSR count). The predicted octanol–water partition coefficient (Wildman–Crippen LogP) is 3.72. The van der Waals surface area contributed by atoms with Gasteiger partial charge in [0.2, 0.25) is 0 Å². The molecule has 1 heterocycles. The molecule has 0 aromatic heterocycles. The molecule has 29 heavy (non-hydrogen) atoms. The van der Waals surface area contributed by atoms with Crippen LogP contribution in [-0.4, -0.2) is 49.9 Å². The number of benzene rings is 2. The first-order valence-corrected chi connectivity index (χ1v) is 11.2. The van der Waals surface area contributed by atoms with Crippen molar-refractivity contribution in [2.24, 2.45) is 5.10 Å². The molecule has 154 valence electrons. The highest BCUT2D eigenvalue weighted by Gasteiger charge is 2.13. The average Bonchev–Trinajstić information content (AvgIpc) is 2.68. The molecule has 0 spiro atoms. The van der Waals surface area contributed by atoms with Gasteiger partial charge in [0.05, 0.1) is 34.0 Å². The Hall–Kier alpha value is -1.49. The standard InChI is InChI=1S/C21H23BrIN3O3/c1-15-3-2-4-16(9-15)14-29-21-18(22)10-17(11-19(21)23)12-24-25-20(27)13-26-5-7-28-8-6-26/h2-4,9-12H,5-8,13-14H2,1H3,(H,25,27)/b24-12+. The van der Waals surface area contributed by atoms with Crippen LogP contribution < -0.4 is 10.2 Å². The highest BCUT2D eigenvalue weighted by Crippen LogP contribution is 2.32. The molecule has 2 aromatic carbocycles. The first kappa shape index (κ1) is 22.2. The molecule has 6 nitrogen and oxygen atoms in total. The van der Waals surface area contributed by atoms with Gasteiger partial charge in [0.25, 0.3) is 5.91 Å². The number of carbonyl (C=O) groups is 1. The van der Waals surface area contributed by atoms with Crippen LogP contribution in [-0.2, 0) is 16.1 Å². The number of hydrogen-bond acceptors (Lipinski definition) is 5. The normalized spacial score (nSPS) is 14.9. The molecule has 0 aliphatic carbocycles. The van der Waals surface area contributed by atoms with Crippen molar-refractivity contribution in [1.29, 1.82) is 0 Å². The molecule has 1 amide bonds. The Labute approximate surface area is 192 Å². The summed E-state index contributed by atoms with van der Waals surface area (Å²) in [4.78, 5) is 14.0. The van der Waals surface area contributed by atoms with Crippen LogP contribution in [0.4, 0.5) is 0 Å². The largest absolute Gasteiger partial charge is 0.487 e. The lowest BCUT2D eigenvalue weighted by molar-refractivity contribution is -0.123. The highest BCUT2D eigenvalue weighted by molar-refractivity contribution is 14.1. The second kappa shape index (κ2) is 11.1. The molecule has 0 radical (unpaired) electrons. The summed E-state index contributed by atoms with van der Waals surface area (Å²) in [6.07, 6.45) is 1.63. The van der Waals surface area contributed by atoms with Gasteiger partial charge in [0.1, 0.15) is 12.4 Å². The quantitative estimate of drug-likeness (QED) is 0.313. The van der Waals surface area contributed by atoms with Crippen molar-refractivity contribution in [2.45, 2.75) is 13.5 Å². The topological polar surface area (TPSA) is 63.2 Å². The second-order valence-electron chi connectivity index (χ2n) is 6.77. The van der Waals surface area contributed by atoms with Crippen molar-refractivity contribution >= 4 is 50.6 Å². The number of amides is 1. The van der Waals surface area contributed by atoms with E-state index >= 15 is 0 Å². The van der Waals surface area contributed by atoms with Gasteiger partial charge in [-0.1, -0.05) is 29.8 Å². The molecule has 0 unspecified atom stereocenters. The first-order valence-electron chi connectivity index (χ1n) is 9.30. The maximum absolute atomic E-state index is 12.0. The van der Waals surface area contributed by atoms with Crippen molar-refractivity contribution in [1.82, 2.24) is 10.3 Å². The van der Waals surface area contributed by atoms with Gasteiger partial charge in [-0.05, 0) is 68.7 Å². The van der Waals surface area contributed by atoms with Crippen LogP contribution in [0.15, 0.2) is 46.0 Å². The lowest BCUT2D eigenvalue weighted by atomic mass is 10.1. The summed E-state index contributed by atoms with van der Waals surface area (Å²) in [5, 5.41) is 4.07. The van der Waals surface area contributed by atoms with Crippen molar-refractivity contribution in [2.75, 3.05) is 32.8 Å². The molecule has 1 saturated heterocycles. The Morgan fingerprint density at radius 1 is 1.34 bits per heavy atom. The van der Waals surface area contributed by atoms with Gasteiger partial charge in [-0.2, -0.15) is 5.10 Å². The first-order chi connectivity index (χ1) is 14.0. The summed E-state index contributed by atoms with van der Waals surface area (Å²) in [5.41, 5.74) is 5.79. The Kier molecular flexibility index (Phi) is 8.46. The fourth-order valence-electron chi connectivity index (χ4n) is 2.93. The summed E-state index contributed by atoms with van der Waals surface area (Å²) in [6, 6.07) is 12.1. The summed E-state index contributed by atoms with van der Waals surface area (Å²) < 4.78 is 13.1. The lowest BCUT2D eigenvalue weighted by Crippen LogP contribution is -2.42. The minimum Gasteiger partial charge on any atom is -0.487 e. The average molecular weight is 572 g/mol. The molecule has 1 aliphatic heterocycles. The van der Waals surface area contributed by atoms with E-state index in [-0.39, 0.29) is 5.91 Å². The smallest absolute Gasteiger partial charge is 0.254 e. The van der Waals surface area contributed by atoms with Gasteiger partial charge in [-0.15, -0.1) is 0 Å². The van der Waals surface area contributed by atoms with E-state index in [1.54, 1.807) is 6.21 Å². The van der Waals surface area contributed by atoms with E-state index in [2.05, 4.69) is 68.1 Å². The third-order valence-corrected chi connectivity index (χ3v) is 5.75. The predicted molar refractivity (Wildman–Crippen MR) is 125 cm³/mol. The third-order valence-electron chi connectivity index (χ3n) is 4.36. The number of nitrogens with one attached hydrogen (secondary N) is 1. The Morgan fingerprint density at radius 3 is 2.86 bits per heavy atom. The zero-order valence-electron chi connectivity index (χ0n) is 16.2. The van der Waals surface area contributed by atoms with Gasteiger partial charge >= 0.3 is 0 Å². The fourth-order valence-corrected chi connectivity index (χ4v) is 4.69. The second-order valence-corrected chi connectivity index (χ2v) is 8.79. The minimum atomic E-state index is -0.130. The SMILES string of the molecule is Cc1cccc(COc2c(Br)cc(/C=N/NC(=O)CN3CCOCC3)cc2I)c1. The van der Waals surface area contributed by atoms with E-state index in [4.69, 9.17) is 9.47 Å². The summed E-state index contributed by atoms with van der Waals surface area (Å²) in [7, 11) is 0. The van der Waals surface area contributed by atoms with Crippen LogP contribution in [0.3, 0.4) is 0 Å². The molecule has 2 aromatic rings. The van der Waals surface area contributed by atoms with E-state index in [0.29, 0.717) is 26.4 Å². The van der Waals surface area contributed by atoms with Crippen LogP contribution in [0.5, 0.6) is 5.75 Å². The van der Waals surface area contributed by atoms with Gasteiger partial charge in [0, 0.05) is 13.1 Å². The molecular weight excluding hydrogens is 549 g/mol. The monoisotopic (exact) mass is 571 g/mol. The molecule has 1 fully saturated rings. The van der Waals surface area contributed by atoms with E-state index in [0.717, 1.165) is 38.0 Å². The number of carbonyl (C=O) groups excluding carboxylic acids is 1. The van der Waals surface area contributed by atoms with E-state index < -0.39 is 0 Å². The van der Waals surface area contributed by atoms with Crippen molar-refractivity contribution in [3.8, 4) is 5.75 Å². The van der Waals surface area contributed by atoms with Gasteiger partial charge in [-0.3, -0.25) is 9.69 Å². The number of rotatable bonds is 7. The Bertz CT molecular complexity index is 862. The molecule has 0 atom stereocenters. The van der Waals surface area contributed by atoms with Gasteiger partial charge in [-0.25, -0.2) is 5.43 Å². The van der Waals surface area contributed by atoms with Crippen molar-refractivity contribution in [3.05, 3.63) is 61.1 Å². The molecular formula is C21H23BrIN3O3. The molecule has 0 saturated carbocycles. The van der Waals surface area contributed by atoms with E-state index in [1.807, 2.05) is 29.2 Å². The Morgan fingerprint density at radius 2 is 2.14 bits per heavy atom. The van der Waals surface area contributed by atoms with Gasteiger partial charge < -0.3 is 9.47 Å². The molecule has 1 aliphatic rings. The number of ether oxygens (including phenoxy) is 2. The molecule has 1 N–H and O–H groups in total. The third kappa shape index (κ3) is 7.06. The number of aryl methyl sites for hydroxylation is 1. The molecule has 0 bridgehead atoms. The lowest BCUT2D eigenvalue weighted by Gasteiger charge is -2.25. The van der Waals surface area contributed by atoms with E-state index in [9.17, 15) is 4.79 Å².